The van der Waals surface area contributed by atoms with E-state index in [-0.39, 0.29) is 12.6 Å². The van der Waals surface area contributed by atoms with Crippen molar-refractivity contribution in [2.45, 2.75) is 6.92 Å². The van der Waals surface area contributed by atoms with Gasteiger partial charge in [0, 0.05) is 10.0 Å². The van der Waals surface area contributed by atoms with Crippen molar-refractivity contribution >= 4 is 65.9 Å². The van der Waals surface area contributed by atoms with Crippen molar-refractivity contribution < 1.29 is 23.5 Å². The van der Waals surface area contributed by atoms with Crippen LogP contribution in [0.3, 0.4) is 0 Å². The zero-order valence-corrected chi connectivity index (χ0v) is 21.5. The Morgan fingerprint density at radius 3 is 2.41 bits per heavy atom. The van der Waals surface area contributed by atoms with Gasteiger partial charge in [0.25, 0.3) is 5.91 Å². The monoisotopic (exact) mass is 626 g/mol. The Bertz CT molecular complexity index is 1120. The van der Waals surface area contributed by atoms with Crippen LogP contribution >= 0.6 is 47.8 Å². The van der Waals surface area contributed by atoms with E-state index in [1.165, 1.54) is 6.21 Å². The quantitative estimate of drug-likeness (QED) is 0.189. The van der Waals surface area contributed by atoms with Crippen LogP contribution in [0, 0.1) is 0 Å². The molecule has 3 aromatic rings. The average Bonchev–Trinajstić information content (AvgIpc) is 3.22. The fraction of sp³-hybridized carbons (Fsp3) is 0.136. The zero-order chi connectivity index (χ0) is 23.1. The molecular formula is C22H17Br3N2O5. The maximum Gasteiger partial charge on any atom is 0.338 e. The molecule has 1 heterocycles. The number of hydrogen-bond acceptors (Lipinski definition) is 6. The number of benzene rings is 2. The van der Waals surface area contributed by atoms with Gasteiger partial charge >= 0.3 is 5.97 Å². The third-order valence-corrected chi connectivity index (χ3v) is 5.63. The van der Waals surface area contributed by atoms with Gasteiger partial charge in [-0.2, -0.15) is 5.10 Å². The molecule has 0 aliphatic rings. The molecule has 1 N–H and O–H groups in total. The highest BCUT2D eigenvalue weighted by Crippen LogP contribution is 2.36. The summed E-state index contributed by atoms with van der Waals surface area (Å²) in [5.74, 6) is 0.766. The van der Waals surface area contributed by atoms with Crippen LogP contribution in [0.25, 0.3) is 11.3 Å². The number of esters is 1. The lowest BCUT2D eigenvalue weighted by Gasteiger charge is -2.09. The van der Waals surface area contributed by atoms with Gasteiger partial charge in [-0.05, 0) is 75.2 Å². The van der Waals surface area contributed by atoms with Crippen LogP contribution in [0.15, 0.2) is 71.5 Å². The van der Waals surface area contributed by atoms with Gasteiger partial charge in [-0.15, -0.1) is 0 Å². The molecule has 7 nitrogen and oxygen atoms in total. The predicted molar refractivity (Wildman–Crippen MR) is 131 cm³/mol. The highest BCUT2D eigenvalue weighted by Gasteiger charge is 2.11. The van der Waals surface area contributed by atoms with E-state index in [1.807, 2.05) is 12.1 Å². The normalized spacial score (nSPS) is 10.9. The van der Waals surface area contributed by atoms with Crippen LogP contribution in [0.5, 0.6) is 5.75 Å². The smallest absolute Gasteiger partial charge is 0.338 e. The molecule has 0 radical (unpaired) electrons. The molecule has 0 aliphatic carbocycles. The van der Waals surface area contributed by atoms with Crippen molar-refractivity contribution in [2.75, 3.05) is 13.2 Å². The number of rotatable bonds is 8. The number of carbonyl (C=O) groups is 2. The van der Waals surface area contributed by atoms with E-state index in [9.17, 15) is 9.59 Å². The largest absolute Gasteiger partial charge is 0.481 e. The number of halogens is 3. The minimum Gasteiger partial charge on any atom is -0.481 e. The fourth-order valence-corrected chi connectivity index (χ4v) is 5.05. The third-order valence-electron chi connectivity index (χ3n) is 4.00. The predicted octanol–water partition coefficient (Wildman–Crippen LogP) is 5.94. The number of carbonyl (C=O) groups excluding carboxylic acids is 2. The van der Waals surface area contributed by atoms with Crippen LogP contribution in [0.4, 0.5) is 0 Å². The molecule has 0 fully saturated rings. The summed E-state index contributed by atoms with van der Waals surface area (Å²) < 4.78 is 18.5. The van der Waals surface area contributed by atoms with Crippen molar-refractivity contribution in [1.82, 2.24) is 5.43 Å². The second kappa shape index (κ2) is 11.4. The fourth-order valence-electron chi connectivity index (χ4n) is 2.57. The van der Waals surface area contributed by atoms with Gasteiger partial charge in [0.2, 0.25) is 0 Å². The molecule has 0 bridgehead atoms. The molecule has 10 heteroatoms. The lowest BCUT2D eigenvalue weighted by molar-refractivity contribution is -0.123. The molecule has 0 spiro atoms. The van der Waals surface area contributed by atoms with Crippen LogP contribution in [0.1, 0.15) is 23.0 Å². The Hall–Kier alpha value is -2.43. The van der Waals surface area contributed by atoms with Gasteiger partial charge in [0.15, 0.2) is 6.61 Å². The highest BCUT2D eigenvalue weighted by molar-refractivity contribution is 9.11. The van der Waals surface area contributed by atoms with Gasteiger partial charge < -0.3 is 13.9 Å². The highest BCUT2D eigenvalue weighted by atomic mass is 79.9. The minimum atomic E-state index is -0.427. The third kappa shape index (κ3) is 6.54. The topological polar surface area (TPSA) is 90.1 Å². The summed E-state index contributed by atoms with van der Waals surface area (Å²) in [4.78, 5) is 23.7. The van der Waals surface area contributed by atoms with Crippen molar-refractivity contribution in [2.24, 2.45) is 5.10 Å². The molecule has 0 atom stereocenters. The molecule has 0 aliphatic heterocycles. The van der Waals surface area contributed by atoms with Crippen molar-refractivity contribution in [3.05, 3.63) is 73.3 Å². The van der Waals surface area contributed by atoms with E-state index in [1.54, 1.807) is 43.3 Å². The number of nitrogens with zero attached hydrogens (tertiary/aromatic N) is 1. The first-order valence-corrected chi connectivity index (χ1v) is 11.7. The van der Waals surface area contributed by atoms with E-state index in [0.717, 1.165) is 10.0 Å². The molecule has 0 saturated heterocycles. The first-order chi connectivity index (χ1) is 15.4. The number of hydrazone groups is 1. The second-order valence-corrected chi connectivity index (χ2v) is 8.90. The summed E-state index contributed by atoms with van der Waals surface area (Å²) >= 11 is 10.2. The Kier molecular flexibility index (Phi) is 8.66. The molecule has 0 unspecified atom stereocenters. The summed E-state index contributed by atoms with van der Waals surface area (Å²) in [6.45, 7) is 1.87. The van der Waals surface area contributed by atoms with Crippen LogP contribution in [-0.2, 0) is 9.53 Å². The number of hydrogen-bond donors (Lipinski definition) is 1. The molecule has 2 aromatic carbocycles. The molecule has 32 heavy (non-hydrogen) atoms. The number of furan rings is 1. The van der Waals surface area contributed by atoms with Gasteiger partial charge in [-0.3, -0.25) is 4.79 Å². The average molecular weight is 629 g/mol. The molecule has 3 rings (SSSR count). The van der Waals surface area contributed by atoms with Crippen molar-refractivity contribution in [1.29, 1.82) is 0 Å². The van der Waals surface area contributed by atoms with Crippen molar-refractivity contribution in [3.8, 4) is 17.1 Å². The lowest BCUT2D eigenvalue weighted by atomic mass is 10.1. The van der Waals surface area contributed by atoms with Crippen molar-refractivity contribution in [3.63, 3.8) is 0 Å². The lowest BCUT2D eigenvalue weighted by Crippen LogP contribution is -2.24. The Morgan fingerprint density at radius 1 is 1.06 bits per heavy atom. The van der Waals surface area contributed by atoms with Gasteiger partial charge in [0.1, 0.15) is 17.3 Å². The summed E-state index contributed by atoms with van der Waals surface area (Å²) in [5.41, 5.74) is 3.65. The molecule has 1 amide bonds. The Labute approximate surface area is 209 Å². The standard InChI is InChI=1S/C22H17Br3N2O5/c1-2-30-22(29)14-5-3-13(4-6-14)19-8-7-16(32-19)11-26-27-20(28)12-31-21-17(24)9-15(23)10-18(21)25/h3-11H,2,12H2,1H3,(H,27,28). The Balaban J connectivity index is 1.53. The van der Waals surface area contributed by atoms with Gasteiger partial charge in [-0.25, -0.2) is 10.2 Å². The molecular weight excluding hydrogens is 612 g/mol. The summed E-state index contributed by atoms with van der Waals surface area (Å²) in [7, 11) is 0. The first-order valence-electron chi connectivity index (χ1n) is 9.34. The van der Waals surface area contributed by atoms with E-state index in [0.29, 0.717) is 38.4 Å². The number of nitrogens with one attached hydrogen (secondary N) is 1. The Morgan fingerprint density at radius 2 is 1.75 bits per heavy atom. The van der Waals surface area contributed by atoms with Crippen LogP contribution < -0.4 is 10.2 Å². The summed E-state index contributed by atoms with van der Waals surface area (Å²) in [6.07, 6.45) is 1.39. The number of amides is 1. The van der Waals surface area contributed by atoms with Crippen LogP contribution in [-0.4, -0.2) is 31.3 Å². The van der Waals surface area contributed by atoms with E-state index >= 15 is 0 Å². The zero-order valence-electron chi connectivity index (χ0n) is 16.7. The van der Waals surface area contributed by atoms with Gasteiger partial charge in [0.05, 0.1) is 27.3 Å². The van der Waals surface area contributed by atoms with Gasteiger partial charge in [-0.1, -0.05) is 28.1 Å². The number of ether oxygens (including phenoxy) is 2. The summed E-state index contributed by atoms with van der Waals surface area (Å²) in [6, 6.07) is 14.0. The minimum absolute atomic E-state index is 0.216. The molecule has 1 aromatic heterocycles. The maximum absolute atomic E-state index is 12.0. The molecule has 0 saturated carbocycles. The van der Waals surface area contributed by atoms with E-state index in [4.69, 9.17) is 13.9 Å². The molecule has 166 valence electrons. The van der Waals surface area contributed by atoms with E-state index < -0.39 is 5.91 Å². The maximum atomic E-state index is 12.0. The summed E-state index contributed by atoms with van der Waals surface area (Å²) in [5, 5.41) is 3.89. The second-order valence-electron chi connectivity index (χ2n) is 6.28. The first kappa shape index (κ1) is 24.2. The van der Waals surface area contributed by atoms with E-state index in [2.05, 4.69) is 58.3 Å². The SMILES string of the molecule is CCOC(=O)c1ccc(-c2ccc(C=NNC(=O)COc3c(Br)cc(Br)cc3Br)o2)cc1. The van der Waals surface area contributed by atoms with Crippen LogP contribution in [0.2, 0.25) is 0 Å².